The Morgan fingerprint density at radius 1 is 1.12 bits per heavy atom. The molecule has 1 spiro atoms. The van der Waals surface area contributed by atoms with E-state index in [0.29, 0.717) is 24.4 Å². The topological polar surface area (TPSA) is 56.3 Å². The number of piperazine rings is 1. The molecule has 1 unspecified atom stereocenters. The van der Waals surface area contributed by atoms with E-state index in [9.17, 15) is 9.90 Å². The van der Waals surface area contributed by atoms with Gasteiger partial charge < -0.3 is 19.6 Å². The number of likely N-dealkylation sites (N-methyl/N-ethyl adjacent to an activating group) is 2. The average molecular weight is 347 g/mol. The van der Waals surface area contributed by atoms with Crippen LogP contribution in [0.2, 0.25) is 0 Å². The number of methoxy groups -OCH3 is 1. The molecule has 2 aliphatic rings. The number of hydrogen-bond donors (Lipinski definition) is 1. The molecule has 0 aliphatic carbocycles. The lowest BCUT2D eigenvalue weighted by atomic mass is 9.83. The highest BCUT2D eigenvalue weighted by atomic mass is 16.5. The van der Waals surface area contributed by atoms with Crippen molar-refractivity contribution in [2.24, 2.45) is 0 Å². The maximum atomic E-state index is 12.7. The summed E-state index contributed by atoms with van der Waals surface area (Å²) in [6, 6.07) is 7.03. The highest BCUT2D eigenvalue weighted by Gasteiger charge is 2.42. The number of nitrogens with zero attached hydrogens (tertiary/aromatic N) is 3. The minimum atomic E-state index is -1.10. The fourth-order valence-electron chi connectivity index (χ4n) is 4.04. The Morgan fingerprint density at radius 3 is 2.36 bits per heavy atom. The third-order valence-electron chi connectivity index (χ3n) is 5.86. The summed E-state index contributed by atoms with van der Waals surface area (Å²) in [6.45, 7) is 4.61. The predicted octanol–water partition coefficient (Wildman–Crippen LogP) is 0.967. The maximum Gasteiger partial charge on any atom is 0.256 e. The van der Waals surface area contributed by atoms with Crippen molar-refractivity contribution in [1.82, 2.24) is 14.7 Å². The minimum Gasteiger partial charge on any atom is -0.497 e. The fraction of sp³-hybridized carbons (Fsp3) is 0.632. The highest BCUT2D eigenvalue weighted by Crippen LogP contribution is 2.32. The van der Waals surface area contributed by atoms with E-state index in [0.717, 1.165) is 32.5 Å². The number of aliphatic hydroxyl groups excluding tert-OH is 1. The lowest BCUT2D eigenvalue weighted by molar-refractivity contribution is -0.144. The van der Waals surface area contributed by atoms with Crippen LogP contribution in [0.3, 0.4) is 0 Å². The summed E-state index contributed by atoms with van der Waals surface area (Å²) in [7, 11) is 5.95. The number of piperidine rings is 1. The van der Waals surface area contributed by atoms with Crippen molar-refractivity contribution in [1.29, 1.82) is 0 Å². The molecule has 1 atom stereocenters. The van der Waals surface area contributed by atoms with Crippen molar-refractivity contribution in [3.8, 4) is 5.75 Å². The van der Waals surface area contributed by atoms with Crippen molar-refractivity contribution in [2.75, 3.05) is 53.9 Å². The van der Waals surface area contributed by atoms with E-state index in [1.807, 2.05) is 4.90 Å². The Balaban J connectivity index is 1.62. The van der Waals surface area contributed by atoms with Crippen LogP contribution >= 0.6 is 0 Å². The van der Waals surface area contributed by atoms with Gasteiger partial charge in [0, 0.05) is 38.3 Å². The van der Waals surface area contributed by atoms with Gasteiger partial charge in [0.15, 0.2) is 6.10 Å². The molecule has 138 valence electrons. The zero-order valence-corrected chi connectivity index (χ0v) is 15.4. The molecule has 1 N–H and O–H groups in total. The highest BCUT2D eigenvalue weighted by molar-refractivity contribution is 5.82. The molecule has 1 aromatic carbocycles. The van der Waals surface area contributed by atoms with Crippen LogP contribution in [0.15, 0.2) is 24.3 Å². The number of benzene rings is 1. The van der Waals surface area contributed by atoms with Crippen molar-refractivity contribution in [3.63, 3.8) is 0 Å². The van der Waals surface area contributed by atoms with Crippen LogP contribution in [0.4, 0.5) is 0 Å². The molecule has 2 fully saturated rings. The lowest BCUT2D eigenvalue weighted by Gasteiger charge is -2.52. The van der Waals surface area contributed by atoms with E-state index in [1.54, 1.807) is 31.4 Å². The predicted molar refractivity (Wildman–Crippen MR) is 96.6 cm³/mol. The number of rotatable bonds is 3. The van der Waals surface area contributed by atoms with Crippen molar-refractivity contribution >= 4 is 5.91 Å². The van der Waals surface area contributed by atoms with E-state index < -0.39 is 6.10 Å². The van der Waals surface area contributed by atoms with Gasteiger partial charge >= 0.3 is 0 Å². The number of likely N-dealkylation sites (tertiary alicyclic amines) is 1. The van der Waals surface area contributed by atoms with Crippen LogP contribution in [-0.4, -0.2) is 85.2 Å². The first-order valence-electron chi connectivity index (χ1n) is 8.96. The SMILES string of the molecule is COc1ccc(C(O)C(=O)N2CCC3(CC2)CN(C)CCN3C)cc1. The van der Waals surface area contributed by atoms with Gasteiger partial charge in [-0.05, 0) is 44.6 Å². The third-order valence-corrected chi connectivity index (χ3v) is 5.86. The monoisotopic (exact) mass is 347 g/mol. The summed E-state index contributed by atoms with van der Waals surface area (Å²) in [5.74, 6) is 0.514. The quantitative estimate of drug-likeness (QED) is 0.883. The third kappa shape index (κ3) is 3.66. The molecule has 3 rings (SSSR count). The second-order valence-corrected chi connectivity index (χ2v) is 7.38. The van der Waals surface area contributed by atoms with Crippen molar-refractivity contribution in [3.05, 3.63) is 29.8 Å². The second-order valence-electron chi connectivity index (χ2n) is 7.38. The molecule has 2 aliphatic heterocycles. The molecule has 25 heavy (non-hydrogen) atoms. The van der Waals surface area contributed by atoms with E-state index in [2.05, 4.69) is 23.9 Å². The van der Waals surface area contributed by atoms with Crippen LogP contribution < -0.4 is 4.74 Å². The first-order chi connectivity index (χ1) is 11.9. The molecule has 6 nitrogen and oxygen atoms in total. The van der Waals surface area contributed by atoms with Gasteiger partial charge in [0.25, 0.3) is 5.91 Å². The van der Waals surface area contributed by atoms with E-state index in [-0.39, 0.29) is 11.4 Å². The Kier molecular flexibility index (Phi) is 5.32. The molecular formula is C19H29N3O3. The van der Waals surface area contributed by atoms with Gasteiger partial charge in [0.1, 0.15) is 5.75 Å². The zero-order chi connectivity index (χ0) is 18.0. The molecule has 0 bridgehead atoms. The van der Waals surface area contributed by atoms with Crippen LogP contribution in [-0.2, 0) is 4.79 Å². The van der Waals surface area contributed by atoms with Crippen LogP contribution in [0.25, 0.3) is 0 Å². The second kappa shape index (κ2) is 7.32. The molecule has 6 heteroatoms. The van der Waals surface area contributed by atoms with Crippen LogP contribution in [0, 0.1) is 0 Å². The molecule has 0 aromatic heterocycles. The molecule has 0 radical (unpaired) electrons. The van der Waals surface area contributed by atoms with Crippen LogP contribution in [0.1, 0.15) is 24.5 Å². The Hall–Kier alpha value is -1.63. The Bertz CT molecular complexity index is 596. The van der Waals surface area contributed by atoms with Crippen LogP contribution in [0.5, 0.6) is 5.75 Å². The number of aliphatic hydroxyl groups is 1. The average Bonchev–Trinajstić information content (AvgIpc) is 2.64. The lowest BCUT2D eigenvalue weighted by Crippen LogP contribution is -2.64. The number of ether oxygens (including phenoxy) is 1. The molecule has 1 amide bonds. The van der Waals surface area contributed by atoms with Gasteiger partial charge in [0.05, 0.1) is 7.11 Å². The smallest absolute Gasteiger partial charge is 0.256 e. The maximum absolute atomic E-state index is 12.7. The van der Waals surface area contributed by atoms with Gasteiger partial charge in [-0.25, -0.2) is 0 Å². The Morgan fingerprint density at radius 2 is 1.76 bits per heavy atom. The van der Waals surface area contributed by atoms with Gasteiger partial charge in [-0.3, -0.25) is 9.69 Å². The molecule has 1 aromatic rings. The summed E-state index contributed by atoms with van der Waals surface area (Å²) < 4.78 is 5.12. The number of carbonyl (C=O) groups excluding carboxylic acids is 1. The molecular weight excluding hydrogens is 318 g/mol. The number of amides is 1. The zero-order valence-electron chi connectivity index (χ0n) is 15.4. The first-order valence-corrected chi connectivity index (χ1v) is 8.96. The van der Waals surface area contributed by atoms with Gasteiger partial charge in [0.2, 0.25) is 0 Å². The fourth-order valence-corrected chi connectivity index (χ4v) is 4.04. The van der Waals surface area contributed by atoms with Gasteiger partial charge in [-0.2, -0.15) is 0 Å². The summed E-state index contributed by atoms with van der Waals surface area (Å²) in [5.41, 5.74) is 0.773. The summed E-state index contributed by atoms with van der Waals surface area (Å²) in [5, 5.41) is 10.5. The summed E-state index contributed by atoms with van der Waals surface area (Å²) in [6.07, 6.45) is 0.802. The molecule has 2 heterocycles. The normalized spacial score (nSPS) is 22.8. The minimum absolute atomic E-state index is 0.162. The Labute approximate surface area is 150 Å². The van der Waals surface area contributed by atoms with E-state index in [4.69, 9.17) is 4.74 Å². The summed E-state index contributed by atoms with van der Waals surface area (Å²) >= 11 is 0. The van der Waals surface area contributed by atoms with E-state index >= 15 is 0 Å². The van der Waals surface area contributed by atoms with Gasteiger partial charge in [-0.15, -0.1) is 0 Å². The van der Waals surface area contributed by atoms with E-state index in [1.165, 1.54) is 0 Å². The van der Waals surface area contributed by atoms with Crippen molar-refractivity contribution in [2.45, 2.75) is 24.5 Å². The van der Waals surface area contributed by atoms with Crippen molar-refractivity contribution < 1.29 is 14.6 Å². The summed E-state index contributed by atoms with van der Waals surface area (Å²) in [4.78, 5) is 19.3. The van der Waals surface area contributed by atoms with Gasteiger partial charge in [-0.1, -0.05) is 12.1 Å². The number of hydrogen-bond acceptors (Lipinski definition) is 5. The first kappa shape index (κ1) is 18.2. The molecule has 0 saturated carbocycles. The molecule has 2 saturated heterocycles. The standard InChI is InChI=1S/C19H29N3O3/c1-20-12-13-21(2)19(14-20)8-10-22(11-9-19)18(24)17(23)15-4-6-16(25-3)7-5-15/h4-7,17,23H,8-14H2,1-3H3. The number of carbonyl (C=O) groups is 1. The largest absolute Gasteiger partial charge is 0.497 e.